The summed E-state index contributed by atoms with van der Waals surface area (Å²) in [5.41, 5.74) is 0.368. The summed E-state index contributed by atoms with van der Waals surface area (Å²) in [4.78, 5) is 26.0. The van der Waals surface area contributed by atoms with Gasteiger partial charge in [0.15, 0.2) is 0 Å². The first-order valence-corrected chi connectivity index (χ1v) is 7.51. The van der Waals surface area contributed by atoms with E-state index in [2.05, 4.69) is 5.10 Å². The van der Waals surface area contributed by atoms with Gasteiger partial charge in [0.25, 0.3) is 0 Å². The monoisotopic (exact) mass is 321 g/mol. The zero-order chi connectivity index (χ0) is 16.6. The molecule has 5 nitrogen and oxygen atoms in total. The van der Waals surface area contributed by atoms with Gasteiger partial charge in [-0.25, -0.2) is 13.8 Å². The molecule has 2 aliphatic rings. The Morgan fingerprint density at radius 2 is 1.96 bits per heavy atom. The van der Waals surface area contributed by atoms with E-state index in [-0.39, 0.29) is 18.2 Å². The SMILES string of the molecule is CN1CC[C@@H](C(=O)N2N=CC[C@@H]2c2cc(F)cc(F)c2)CC1=O. The maximum absolute atomic E-state index is 13.4. The lowest BCUT2D eigenvalue weighted by Gasteiger charge is -2.31. The first-order chi connectivity index (χ1) is 11.0. The summed E-state index contributed by atoms with van der Waals surface area (Å²) >= 11 is 0. The van der Waals surface area contributed by atoms with Crippen molar-refractivity contribution in [1.29, 1.82) is 0 Å². The number of benzene rings is 1. The minimum absolute atomic E-state index is 0.0777. The lowest BCUT2D eigenvalue weighted by atomic mass is 9.94. The number of halogens is 2. The summed E-state index contributed by atoms with van der Waals surface area (Å²) in [6.45, 7) is 0.520. The lowest BCUT2D eigenvalue weighted by molar-refractivity contribution is -0.145. The van der Waals surface area contributed by atoms with Crippen molar-refractivity contribution in [2.24, 2.45) is 11.0 Å². The molecule has 2 amide bonds. The molecule has 0 N–H and O–H groups in total. The molecule has 3 rings (SSSR count). The van der Waals surface area contributed by atoms with Gasteiger partial charge in [0.1, 0.15) is 11.6 Å². The zero-order valence-corrected chi connectivity index (χ0v) is 12.7. The standard InChI is InChI=1S/C16H17F2N3O2/c1-20-5-3-10(8-15(20)22)16(23)21-14(2-4-19-21)11-6-12(17)9-13(18)7-11/h4,6-7,9-10,14H,2-3,5,8H2,1H3/t10-,14-/m1/s1. The molecule has 0 bridgehead atoms. The van der Waals surface area contributed by atoms with Gasteiger partial charge in [-0.2, -0.15) is 5.10 Å². The molecule has 0 saturated carbocycles. The Morgan fingerprint density at radius 3 is 2.61 bits per heavy atom. The molecular weight excluding hydrogens is 304 g/mol. The van der Waals surface area contributed by atoms with E-state index in [1.165, 1.54) is 17.1 Å². The molecule has 0 radical (unpaired) electrons. The Balaban J connectivity index is 1.79. The van der Waals surface area contributed by atoms with E-state index in [9.17, 15) is 18.4 Å². The van der Waals surface area contributed by atoms with Crippen LogP contribution in [0.2, 0.25) is 0 Å². The van der Waals surface area contributed by atoms with Crippen molar-refractivity contribution in [3.05, 3.63) is 35.4 Å². The van der Waals surface area contributed by atoms with Crippen molar-refractivity contribution < 1.29 is 18.4 Å². The highest BCUT2D eigenvalue weighted by molar-refractivity contribution is 5.88. The molecule has 0 unspecified atom stereocenters. The Labute approximate surface area is 132 Å². The molecular formula is C16H17F2N3O2. The fourth-order valence-electron chi connectivity index (χ4n) is 3.01. The molecule has 23 heavy (non-hydrogen) atoms. The van der Waals surface area contributed by atoms with Crippen LogP contribution in [0.4, 0.5) is 8.78 Å². The minimum atomic E-state index is -0.686. The van der Waals surface area contributed by atoms with E-state index in [0.29, 0.717) is 24.9 Å². The molecule has 1 fully saturated rings. The maximum atomic E-state index is 13.4. The Morgan fingerprint density at radius 1 is 1.26 bits per heavy atom. The number of carbonyl (C=O) groups is 2. The van der Waals surface area contributed by atoms with Crippen LogP contribution in [0, 0.1) is 17.6 Å². The summed E-state index contributed by atoms with van der Waals surface area (Å²) in [5, 5.41) is 5.32. The fraction of sp³-hybridized carbons (Fsp3) is 0.438. The van der Waals surface area contributed by atoms with Gasteiger partial charge in [-0.15, -0.1) is 0 Å². The topological polar surface area (TPSA) is 53.0 Å². The predicted molar refractivity (Wildman–Crippen MR) is 79.4 cm³/mol. The number of piperidine rings is 1. The molecule has 122 valence electrons. The molecule has 1 aromatic rings. The lowest BCUT2D eigenvalue weighted by Crippen LogP contribution is -2.42. The van der Waals surface area contributed by atoms with E-state index >= 15 is 0 Å². The Kier molecular flexibility index (Phi) is 4.11. The second-order valence-electron chi connectivity index (χ2n) is 5.94. The van der Waals surface area contributed by atoms with Gasteiger partial charge >= 0.3 is 0 Å². The van der Waals surface area contributed by atoms with Crippen LogP contribution in [0.25, 0.3) is 0 Å². The van der Waals surface area contributed by atoms with Gasteiger partial charge < -0.3 is 4.90 Å². The van der Waals surface area contributed by atoms with E-state index in [1.807, 2.05) is 0 Å². The van der Waals surface area contributed by atoms with E-state index < -0.39 is 23.6 Å². The zero-order valence-electron chi connectivity index (χ0n) is 12.7. The molecule has 7 heteroatoms. The van der Waals surface area contributed by atoms with Gasteiger partial charge in [0, 0.05) is 38.7 Å². The van der Waals surface area contributed by atoms with Crippen LogP contribution >= 0.6 is 0 Å². The smallest absolute Gasteiger partial charge is 0.246 e. The highest BCUT2D eigenvalue weighted by Crippen LogP contribution is 2.32. The third kappa shape index (κ3) is 3.09. The molecule has 1 aromatic carbocycles. The molecule has 2 aliphatic heterocycles. The summed E-state index contributed by atoms with van der Waals surface area (Å²) in [5.74, 6) is -2.15. The van der Waals surface area contributed by atoms with E-state index in [1.54, 1.807) is 18.2 Å². The number of rotatable bonds is 2. The number of hydrogen-bond donors (Lipinski definition) is 0. The molecule has 0 spiro atoms. The van der Waals surface area contributed by atoms with Crippen molar-refractivity contribution in [1.82, 2.24) is 9.91 Å². The number of hydrogen-bond acceptors (Lipinski definition) is 3. The summed E-state index contributed by atoms with van der Waals surface area (Å²) in [6.07, 6.45) is 2.67. The van der Waals surface area contributed by atoms with Crippen molar-refractivity contribution in [2.75, 3.05) is 13.6 Å². The molecule has 0 aromatic heterocycles. The quantitative estimate of drug-likeness (QED) is 0.837. The molecule has 2 atom stereocenters. The average molecular weight is 321 g/mol. The number of carbonyl (C=O) groups excluding carboxylic acids is 2. The van der Waals surface area contributed by atoms with Gasteiger partial charge in [-0.1, -0.05) is 0 Å². The first-order valence-electron chi connectivity index (χ1n) is 7.51. The van der Waals surface area contributed by atoms with Crippen LogP contribution in [0.5, 0.6) is 0 Å². The fourth-order valence-corrected chi connectivity index (χ4v) is 3.01. The number of hydrazone groups is 1. The minimum Gasteiger partial charge on any atom is -0.346 e. The van der Waals surface area contributed by atoms with Gasteiger partial charge in [-0.05, 0) is 24.1 Å². The Bertz CT molecular complexity index is 657. The number of nitrogens with zero attached hydrogens (tertiary/aromatic N) is 3. The van der Waals surface area contributed by atoms with Gasteiger partial charge in [0.05, 0.1) is 12.0 Å². The van der Waals surface area contributed by atoms with Gasteiger partial charge in [-0.3, -0.25) is 9.59 Å². The normalized spacial score (nSPS) is 24.4. The molecule has 0 aliphatic carbocycles. The maximum Gasteiger partial charge on any atom is 0.246 e. The van der Waals surface area contributed by atoms with Crippen LogP contribution in [0.1, 0.15) is 30.9 Å². The summed E-state index contributed by atoms with van der Waals surface area (Å²) in [7, 11) is 1.70. The predicted octanol–water partition coefficient (Wildman–Crippen LogP) is 2.09. The van der Waals surface area contributed by atoms with Gasteiger partial charge in [0.2, 0.25) is 11.8 Å². The van der Waals surface area contributed by atoms with Crippen molar-refractivity contribution in [3.8, 4) is 0 Å². The van der Waals surface area contributed by atoms with E-state index in [4.69, 9.17) is 0 Å². The Hall–Kier alpha value is -2.31. The second kappa shape index (κ2) is 6.06. The first kappa shape index (κ1) is 15.6. The van der Waals surface area contributed by atoms with Crippen LogP contribution in [0.3, 0.4) is 0 Å². The summed E-state index contributed by atoms with van der Waals surface area (Å²) in [6, 6.07) is 2.69. The average Bonchev–Trinajstić information content (AvgIpc) is 2.98. The number of amides is 2. The van der Waals surface area contributed by atoms with Crippen molar-refractivity contribution >= 4 is 18.0 Å². The number of likely N-dealkylation sites (tertiary alicyclic amines) is 1. The summed E-state index contributed by atoms with van der Waals surface area (Å²) < 4.78 is 26.8. The molecule has 2 heterocycles. The van der Waals surface area contributed by atoms with Crippen LogP contribution in [-0.2, 0) is 9.59 Å². The highest BCUT2D eigenvalue weighted by atomic mass is 19.1. The van der Waals surface area contributed by atoms with Crippen molar-refractivity contribution in [3.63, 3.8) is 0 Å². The van der Waals surface area contributed by atoms with E-state index in [0.717, 1.165) is 6.07 Å². The third-order valence-electron chi connectivity index (χ3n) is 4.33. The van der Waals surface area contributed by atoms with Crippen LogP contribution < -0.4 is 0 Å². The van der Waals surface area contributed by atoms with Crippen LogP contribution in [0.15, 0.2) is 23.3 Å². The largest absolute Gasteiger partial charge is 0.346 e. The highest BCUT2D eigenvalue weighted by Gasteiger charge is 2.36. The van der Waals surface area contributed by atoms with Crippen LogP contribution in [-0.4, -0.2) is 41.5 Å². The second-order valence-corrected chi connectivity index (χ2v) is 5.94. The molecule has 1 saturated heterocycles. The third-order valence-corrected chi connectivity index (χ3v) is 4.33. The van der Waals surface area contributed by atoms with Crippen molar-refractivity contribution in [2.45, 2.75) is 25.3 Å².